The first kappa shape index (κ1) is 19.3. The van der Waals surface area contributed by atoms with Gasteiger partial charge in [0.2, 0.25) is 0 Å². The van der Waals surface area contributed by atoms with Gasteiger partial charge in [0, 0.05) is 24.2 Å². The summed E-state index contributed by atoms with van der Waals surface area (Å²) in [6, 6.07) is 10.7. The molecule has 0 spiro atoms. The molecule has 0 radical (unpaired) electrons. The van der Waals surface area contributed by atoms with Crippen LogP contribution in [0.1, 0.15) is 30.8 Å². The molecule has 0 bridgehead atoms. The van der Waals surface area contributed by atoms with Crippen LogP contribution in [0.25, 0.3) is 11.4 Å². The minimum absolute atomic E-state index is 0.0200. The second-order valence-electron chi connectivity index (χ2n) is 7.18. The molecule has 1 saturated heterocycles. The molecule has 1 unspecified atom stereocenters. The van der Waals surface area contributed by atoms with Gasteiger partial charge in [0.1, 0.15) is 11.5 Å². The average molecular weight is 388 g/mol. The van der Waals surface area contributed by atoms with E-state index in [0.29, 0.717) is 30.5 Å². The number of sulfone groups is 1. The maximum atomic E-state index is 12.7. The SMILES string of the molecule is CC(C)CNc1cc(C(=O)NC2CCS(=O)(=O)C2)nc(-c2ccccc2)n1. The molecule has 2 heterocycles. The van der Waals surface area contributed by atoms with Crippen molar-refractivity contribution in [1.29, 1.82) is 0 Å². The Labute approximate surface area is 159 Å². The van der Waals surface area contributed by atoms with Crippen molar-refractivity contribution in [2.75, 3.05) is 23.4 Å². The molecule has 1 aliphatic rings. The van der Waals surface area contributed by atoms with Gasteiger partial charge in [0.15, 0.2) is 15.7 Å². The van der Waals surface area contributed by atoms with Crippen molar-refractivity contribution < 1.29 is 13.2 Å². The molecule has 1 aromatic heterocycles. The molecule has 2 aromatic rings. The largest absolute Gasteiger partial charge is 0.370 e. The normalized spacial score (nSPS) is 18.4. The summed E-state index contributed by atoms with van der Waals surface area (Å²) >= 11 is 0. The molecular weight excluding hydrogens is 364 g/mol. The number of nitrogens with zero attached hydrogens (tertiary/aromatic N) is 2. The fraction of sp³-hybridized carbons (Fsp3) is 0.421. The second-order valence-corrected chi connectivity index (χ2v) is 9.40. The number of hydrogen-bond donors (Lipinski definition) is 2. The summed E-state index contributed by atoms with van der Waals surface area (Å²) in [7, 11) is -3.06. The predicted molar refractivity (Wildman–Crippen MR) is 105 cm³/mol. The van der Waals surface area contributed by atoms with Crippen LogP contribution >= 0.6 is 0 Å². The summed E-state index contributed by atoms with van der Waals surface area (Å²) in [4.78, 5) is 21.6. The van der Waals surface area contributed by atoms with Crippen LogP contribution in [0.4, 0.5) is 5.82 Å². The molecule has 1 atom stereocenters. The molecule has 2 N–H and O–H groups in total. The van der Waals surface area contributed by atoms with Gasteiger partial charge in [-0.05, 0) is 12.3 Å². The molecule has 1 fully saturated rings. The van der Waals surface area contributed by atoms with Crippen molar-refractivity contribution in [3.05, 3.63) is 42.1 Å². The Kier molecular flexibility index (Phi) is 5.74. The lowest BCUT2D eigenvalue weighted by molar-refractivity contribution is 0.0936. The molecule has 27 heavy (non-hydrogen) atoms. The molecule has 1 aliphatic heterocycles. The van der Waals surface area contributed by atoms with E-state index in [0.717, 1.165) is 5.56 Å². The van der Waals surface area contributed by atoms with Gasteiger partial charge in [-0.3, -0.25) is 4.79 Å². The Balaban J connectivity index is 1.86. The molecule has 1 aromatic carbocycles. The van der Waals surface area contributed by atoms with Crippen molar-refractivity contribution in [2.24, 2.45) is 5.92 Å². The van der Waals surface area contributed by atoms with Crippen molar-refractivity contribution in [3.63, 3.8) is 0 Å². The number of hydrogen-bond acceptors (Lipinski definition) is 6. The van der Waals surface area contributed by atoms with E-state index in [2.05, 4.69) is 34.4 Å². The van der Waals surface area contributed by atoms with Gasteiger partial charge < -0.3 is 10.6 Å². The first-order chi connectivity index (χ1) is 12.8. The van der Waals surface area contributed by atoms with Gasteiger partial charge in [-0.2, -0.15) is 0 Å². The van der Waals surface area contributed by atoms with E-state index in [9.17, 15) is 13.2 Å². The molecule has 3 rings (SSSR count). The van der Waals surface area contributed by atoms with Crippen LogP contribution in [-0.4, -0.2) is 48.4 Å². The zero-order valence-corrected chi connectivity index (χ0v) is 16.3. The monoisotopic (exact) mass is 388 g/mol. The molecule has 0 aliphatic carbocycles. The number of carbonyl (C=O) groups is 1. The van der Waals surface area contributed by atoms with Crippen LogP contribution in [0.5, 0.6) is 0 Å². The third-order valence-corrected chi connectivity index (χ3v) is 6.02. The van der Waals surface area contributed by atoms with E-state index in [1.54, 1.807) is 6.07 Å². The quantitative estimate of drug-likeness (QED) is 0.786. The number of nitrogens with one attached hydrogen (secondary N) is 2. The number of benzene rings is 1. The van der Waals surface area contributed by atoms with Crippen LogP contribution in [-0.2, 0) is 9.84 Å². The van der Waals surface area contributed by atoms with Crippen molar-refractivity contribution in [1.82, 2.24) is 15.3 Å². The molecule has 0 saturated carbocycles. The highest BCUT2D eigenvalue weighted by atomic mass is 32.2. The van der Waals surface area contributed by atoms with Crippen molar-refractivity contribution in [2.45, 2.75) is 26.3 Å². The number of amides is 1. The lowest BCUT2D eigenvalue weighted by Crippen LogP contribution is -2.36. The highest BCUT2D eigenvalue weighted by Gasteiger charge is 2.29. The summed E-state index contributed by atoms with van der Waals surface area (Å²) in [6.45, 7) is 4.88. The zero-order valence-electron chi connectivity index (χ0n) is 15.5. The Morgan fingerprint density at radius 1 is 1.22 bits per heavy atom. The standard InChI is InChI=1S/C19H24N4O3S/c1-13(2)11-20-17-10-16(19(24)21-15-8-9-27(25,26)12-15)22-18(23-17)14-6-4-3-5-7-14/h3-7,10,13,15H,8-9,11-12H2,1-2H3,(H,21,24)(H,20,22,23). The third-order valence-electron chi connectivity index (χ3n) is 4.25. The summed E-state index contributed by atoms with van der Waals surface area (Å²) < 4.78 is 23.2. The number of aromatic nitrogens is 2. The first-order valence-electron chi connectivity index (χ1n) is 9.02. The van der Waals surface area contributed by atoms with Crippen LogP contribution in [0.3, 0.4) is 0 Å². The summed E-state index contributed by atoms with van der Waals surface area (Å²) in [6.07, 6.45) is 0.434. The highest BCUT2D eigenvalue weighted by molar-refractivity contribution is 7.91. The van der Waals surface area contributed by atoms with Gasteiger partial charge >= 0.3 is 0 Å². The van der Waals surface area contributed by atoms with E-state index in [-0.39, 0.29) is 29.1 Å². The molecule has 7 nitrogen and oxygen atoms in total. The van der Waals surface area contributed by atoms with E-state index in [1.165, 1.54) is 0 Å². The lowest BCUT2D eigenvalue weighted by atomic mass is 10.2. The Bertz CT molecular complexity index is 914. The van der Waals surface area contributed by atoms with Crippen LogP contribution in [0.15, 0.2) is 36.4 Å². The topological polar surface area (TPSA) is 101 Å². The molecule has 1 amide bonds. The lowest BCUT2D eigenvalue weighted by Gasteiger charge is -2.13. The summed E-state index contributed by atoms with van der Waals surface area (Å²) in [5.41, 5.74) is 1.03. The fourth-order valence-electron chi connectivity index (χ4n) is 2.85. The smallest absolute Gasteiger partial charge is 0.270 e. The van der Waals surface area contributed by atoms with Crippen LogP contribution in [0.2, 0.25) is 0 Å². The molecular formula is C19H24N4O3S. The Morgan fingerprint density at radius 2 is 1.96 bits per heavy atom. The van der Waals surface area contributed by atoms with E-state index in [1.807, 2.05) is 30.3 Å². The highest BCUT2D eigenvalue weighted by Crippen LogP contribution is 2.19. The van der Waals surface area contributed by atoms with Gasteiger partial charge in [-0.1, -0.05) is 44.2 Å². The zero-order chi connectivity index (χ0) is 19.4. The van der Waals surface area contributed by atoms with E-state index in [4.69, 9.17) is 0 Å². The minimum atomic E-state index is -3.06. The van der Waals surface area contributed by atoms with Crippen LogP contribution in [0, 0.1) is 5.92 Å². The Hall–Kier alpha value is -2.48. The van der Waals surface area contributed by atoms with Crippen LogP contribution < -0.4 is 10.6 Å². The fourth-order valence-corrected chi connectivity index (χ4v) is 4.52. The van der Waals surface area contributed by atoms with Gasteiger partial charge in [-0.15, -0.1) is 0 Å². The Morgan fingerprint density at radius 3 is 2.59 bits per heavy atom. The van der Waals surface area contributed by atoms with E-state index >= 15 is 0 Å². The van der Waals surface area contributed by atoms with E-state index < -0.39 is 9.84 Å². The third kappa shape index (κ3) is 5.26. The summed E-state index contributed by atoms with van der Waals surface area (Å²) in [5.74, 6) is 1.15. The number of anilines is 1. The number of carbonyl (C=O) groups excluding carboxylic acids is 1. The number of rotatable bonds is 6. The van der Waals surface area contributed by atoms with Crippen molar-refractivity contribution in [3.8, 4) is 11.4 Å². The average Bonchev–Trinajstić information content (AvgIpc) is 2.98. The van der Waals surface area contributed by atoms with Gasteiger partial charge in [0.25, 0.3) is 5.91 Å². The van der Waals surface area contributed by atoms with Gasteiger partial charge in [0.05, 0.1) is 11.5 Å². The molecule has 8 heteroatoms. The maximum Gasteiger partial charge on any atom is 0.270 e. The first-order valence-corrected chi connectivity index (χ1v) is 10.8. The minimum Gasteiger partial charge on any atom is -0.370 e. The molecule has 144 valence electrons. The second kappa shape index (κ2) is 8.04. The summed E-state index contributed by atoms with van der Waals surface area (Å²) in [5, 5.41) is 6.01. The predicted octanol–water partition coefficient (Wildman–Crippen LogP) is 2.13. The maximum absolute atomic E-state index is 12.7. The van der Waals surface area contributed by atoms with Crippen molar-refractivity contribution >= 4 is 21.6 Å². The van der Waals surface area contributed by atoms with Gasteiger partial charge in [-0.25, -0.2) is 18.4 Å².